The second-order valence-electron chi connectivity index (χ2n) is 11.3. The Morgan fingerprint density at radius 3 is 2.49 bits per heavy atom. The number of halogens is 3. The number of ether oxygens (including phenoxy) is 2. The maximum absolute atomic E-state index is 14.2. The summed E-state index contributed by atoms with van der Waals surface area (Å²) in [6.07, 6.45) is -4.24. The number of carbonyl (C=O) groups is 2. The molecular weight excluding hydrogens is 567 g/mol. The number of rotatable bonds is 6. The summed E-state index contributed by atoms with van der Waals surface area (Å²) in [5, 5.41) is 12.4. The number of piperidine rings is 1. The van der Waals surface area contributed by atoms with Crippen molar-refractivity contribution in [2.24, 2.45) is 5.41 Å². The monoisotopic (exact) mass is 597 g/mol. The summed E-state index contributed by atoms with van der Waals surface area (Å²) < 4.78 is 53.5. The molecule has 0 unspecified atom stereocenters. The number of benzene rings is 2. The number of aromatic nitrogens is 2. The molecule has 3 aliphatic heterocycles. The number of aliphatic carboxylic acids is 1. The molecule has 6 rings (SSSR count). The Kier molecular flexibility index (Phi) is 7.36. The second kappa shape index (κ2) is 11.0. The molecule has 3 aromatic rings. The third-order valence-corrected chi connectivity index (χ3v) is 8.49. The first-order valence-corrected chi connectivity index (χ1v) is 14.0. The number of aryl methyl sites for hydroxylation is 1. The number of nitrogen functional groups attached to an aromatic ring is 1. The lowest BCUT2D eigenvalue weighted by atomic mass is 9.76. The Morgan fingerprint density at radius 1 is 1.09 bits per heavy atom. The molecule has 2 fully saturated rings. The SMILES string of the molecule is Nc1nc(O[C@H](c2ccc(-c3ccc4c(c3)OC(=O)CC4)cc2)C(F)(F)F)cc(N2CCC3(CC2)CN[C@H](C(=O)O)C3)n1. The summed E-state index contributed by atoms with van der Waals surface area (Å²) in [5.74, 6) is -0.903. The molecule has 1 spiro atoms. The van der Waals surface area contributed by atoms with Crippen LogP contribution in [0.1, 0.15) is 42.9 Å². The van der Waals surface area contributed by atoms with Crippen LogP contribution in [0.3, 0.4) is 0 Å². The van der Waals surface area contributed by atoms with E-state index in [0.717, 1.165) is 5.56 Å². The molecule has 2 saturated heterocycles. The molecule has 0 aliphatic carbocycles. The lowest BCUT2D eigenvalue weighted by Gasteiger charge is -2.39. The molecule has 0 saturated carbocycles. The maximum Gasteiger partial charge on any atom is 0.429 e. The van der Waals surface area contributed by atoms with Crippen LogP contribution in [0.4, 0.5) is 24.9 Å². The smallest absolute Gasteiger partial charge is 0.429 e. The normalized spacial score (nSPS) is 20.4. The van der Waals surface area contributed by atoms with Crippen molar-refractivity contribution in [1.82, 2.24) is 15.3 Å². The zero-order chi connectivity index (χ0) is 30.4. The number of anilines is 2. The molecule has 13 heteroatoms. The van der Waals surface area contributed by atoms with Gasteiger partial charge in [0.15, 0.2) is 0 Å². The van der Waals surface area contributed by atoms with E-state index in [4.69, 9.17) is 15.2 Å². The number of nitrogens with one attached hydrogen (secondary N) is 1. The van der Waals surface area contributed by atoms with E-state index >= 15 is 0 Å². The van der Waals surface area contributed by atoms with E-state index < -0.39 is 24.3 Å². The van der Waals surface area contributed by atoms with Gasteiger partial charge in [-0.2, -0.15) is 23.1 Å². The summed E-state index contributed by atoms with van der Waals surface area (Å²) in [6.45, 7) is 1.68. The summed E-state index contributed by atoms with van der Waals surface area (Å²) >= 11 is 0. The van der Waals surface area contributed by atoms with E-state index in [-0.39, 0.29) is 28.8 Å². The van der Waals surface area contributed by atoms with Crippen LogP contribution >= 0.6 is 0 Å². The number of alkyl halides is 3. The van der Waals surface area contributed by atoms with Gasteiger partial charge in [0, 0.05) is 31.3 Å². The fourth-order valence-corrected chi connectivity index (χ4v) is 6.08. The Hall–Kier alpha value is -4.39. The van der Waals surface area contributed by atoms with E-state index in [1.807, 2.05) is 17.0 Å². The highest BCUT2D eigenvalue weighted by Crippen LogP contribution is 2.42. The Balaban J connectivity index is 1.18. The van der Waals surface area contributed by atoms with Gasteiger partial charge in [0.05, 0.1) is 6.42 Å². The van der Waals surface area contributed by atoms with Crippen molar-refractivity contribution in [2.45, 2.75) is 50.4 Å². The quantitative estimate of drug-likeness (QED) is 0.278. The van der Waals surface area contributed by atoms with Gasteiger partial charge in [-0.05, 0) is 53.9 Å². The van der Waals surface area contributed by atoms with Crippen LogP contribution in [0.2, 0.25) is 0 Å². The van der Waals surface area contributed by atoms with E-state index in [9.17, 15) is 27.9 Å². The van der Waals surface area contributed by atoms with E-state index in [0.29, 0.717) is 74.4 Å². The Labute approximate surface area is 245 Å². The van der Waals surface area contributed by atoms with Crippen LogP contribution in [0, 0.1) is 5.41 Å². The number of carbonyl (C=O) groups excluding carboxylic acids is 1. The van der Waals surface area contributed by atoms with Crippen LogP contribution in [-0.4, -0.2) is 58.9 Å². The van der Waals surface area contributed by atoms with E-state index in [1.54, 1.807) is 18.2 Å². The second-order valence-corrected chi connectivity index (χ2v) is 11.3. The fourth-order valence-electron chi connectivity index (χ4n) is 6.08. The molecule has 4 N–H and O–H groups in total. The Morgan fingerprint density at radius 2 is 1.81 bits per heavy atom. The first-order chi connectivity index (χ1) is 20.5. The van der Waals surface area contributed by atoms with Crippen molar-refractivity contribution >= 4 is 23.7 Å². The van der Waals surface area contributed by atoms with Crippen LogP contribution in [0.25, 0.3) is 11.1 Å². The minimum Gasteiger partial charge on any atom is -0.480 e. The highest BCUT2D eigenvalue weighted by atomic mass is 19.4. The zero-order valence-corrected chi connectivity index (χ0v) is 23.1. The van der Waals surface area contributed by atoms with Crippen molar-refractivity contribution in [3.05, 3.63) is 59.7 Å². The lowest BCUT2D eigenvalue weighted by molar-refractivity contribution is -0.198. The van der Waals surface area contributed by atoms with Gasteiger partial charge >= 0.3 is 18.1 Å². The predicted molar refractivity (Wildman–Crippen MR) is 150 cm³/mol. The molecule has 0 amide bonds. The molecule has 0 bridgehead atoms. The van der Waals surface area contributed by atoms with Gasteiger partial charge in [0.1, 0.15) is 17.6 Å². The van der Waals surface area contributed by atoms with Crippen LogP contribution in [0.5, 0.6) is 11.6 Å². The molecule has 2 aromatic carbocycles. The van der Waals surface area contributed by atoms with Crippen molar-refractivity contribution in [1.29, 1.82) is 0 Å². The van der Waals surface area contributed by atoms with Crippen LogP contribution in [0.15, 0.2) is 48.5 Å². The van der Waals surface area contributed by atoms with Gasteiger partial charge in [0.2, 0.25) is 17.9 Å². The molecule has 1 aromatic heterocycles. The summed E-state index contributed by atoms with van der Waals surface area (Å²) in [6, 6.07) is 12.0. The standard InChI is InChI=1S/C30H30F3N5O5/c31-30(32,33)26(19-4-1-17(2-5-19)20-6-3-18-7-8-25(39)42-22(18)13-20)43-24-14-23(36-28(34)37-24)38-11-9-29(10-12-38)15-21(27(40)41)35-16-29/h1-6,13-14,21,26,35H,7-12,15-16H2,(H,40,41)(H2,34,36,37)/t21-,26+/m0/s1. The van der Waals surface area contributed by atoms with Crippen molar-refractivity contribution in [2.75, 3.05) is 30.3 Å². The third-order valence-electron chi connectivity index (χ3n) is 8.49. The maximum atomic E-state index is 14.2. The van der Waals surface area contributed by atoms with Crippen LogP contribution < -0.4 is 25.4 Å². The molecule has 0 radical (unpaired) electrons. The highest BCUT2D eigenvalue weighted by Gasteiger charge is 2.45. The average molecular weight is 598 g/mol. The van der Waals surface area contributed by atoms with E-state index in [2.05, 4.69) is 15.3 Å². The van der Waals surface area contributed by atoms with Gasteiger partial charge in [-0.3, -0.25) is 9.59 Å². The van der Waals surface area contributed by atoms with Crippen molar-refractivity contribution < 1.29 is 37.3 Å². The first-order valence-electron chi connectivity index (χ1n) is 14.0. The number of esters is 1. The molecule has 4 heterocycles. The topological polar surface area (TPSA) is 140 Å². The highest BCUT2D eigenvalue weighted by molar-refractivity contribution is 5.77. The van der Waals surface area contributed by atoms with Crippen molar-refractivity contribution in [3.63, 3.8) is 0 Å². The van der Waals surface area contributed by atoms with Gasteiger partial charge in [-0.15, -0.1) is 0 Å². The molecular formula is C30H30F3N5O5. The number of hydrogen-bond acceptors (Lipinski definition) is 9. The number of fused-ring (bicyclic) bond motifs is 1. The van der Waals surface area contributed by atoms with Gasteiger partial charge in [-0.25, -0.2) is 0 Å². The molecule has 226 valence electrons. The fraction of sp³-hybridized carbons (Fsp3) is 0.400. The average Bonchev–Trinajstić information content (AvgIpc) is 3.39. The van der Waals surface area contributed by atoms with Gasteiger partial charge in [0.25, 0.3) is 0 Å². The largest absolute Gasteiger partial charge is 0.480 e. The predicted octanol–water partition coefficient (Wildman–Crippen LogP) is 4.29. The van der Waals surface area contributed by atoms with Gasteiger partial charge < -0.3 is 30.5 Å². The van der Waals surface area contributed by atoms with Gasteiger partial charge in [-0.1, -0.05) is 36.4 Å². The molecule has 43 heavy (non-hydrogen) atoms. The molecule has 2 atom stereocenters. The summed E-state index contributed by atoms with van der Waals surface area (Å²) in [7, 11) is 0. The third kappa shape index (κ3) is 6.07. The number of carboxylic acids is 1. The summed E-state index contributed by atoms with van der Waals surface area (Å²) in [4.78, 5) is 33.1. The van der Waals surface area contributed by atoms with E-state index in [1.165, 1.54) is 18.2 Å². The van der Waals surface area contributed by atoms with Crippen molar-refractivity contribution in [3.8, 4) is 22.8 Å². The minimum atomic E-state index is -4.75. The molecule has 10 nitrogen and oxygen atoms in total. The number of nitrogens with two attached hydrogens (primary N) is 1. The Bertz CT molecular complexity index is 1540. The zero-order valence-electron chi connectivity index (χ0n) is 23.1. The number of hydrogen-bond donors (Lipinski definition) is 3. The minimum absolute atomic E-state index is 0.124. The summed E-state index contributed by atoms with van der Waals surface area (Å²) in [5.41, 5.74) is 7.87. The lowest BCUT2D eigenvalue weighted by Crippen LogP contribution is -2.41. The number of nitrogens with zero attached hydrogens (tertiary/aromatic N) is 3. The molecule has 3 aliphatic rings. The number of carboxylic acid groups (broad SMARTS) is 1. The van der Waals surface area contributed by atoms with Crippen LogP contribution in [-0.2, 0) is 16.0 Å². The first kappa shape index (κ1) is 28.7.